The quantitative estimate of drug-likeness (QED) is 0.738. The van der Waals surface area contributed by atoms with Crippen molar-refractivity contribution in [1.29, 1.82) is 0 Å². The maximum Gasteiger partial charge on any atom is 0.243 e. The zero-order valence-electron chi connectivity index (χ0n) is 14.9. The highest BCUT2D eigenvalue weighted by atomic mass is 32.2. The van der Waals surface area contributed by atoms with Gasteiger partial charge < -0.3 is 4.98 Å². The lowest BCUT2D eigenvalue weighted by Crippen LogP contribution is -2.31. The van der Waals surface area contributed by atoms with Gasteiger partial charge in [0.1, 0.15) is 5.82 Å². The molecule has 1 aliphatic heterocycles. The molecule has 0 spiro atoms. The maximum absolute atomic E-state index is 13.2. The molecule has 3 aromatic rings. The summed E-state index contributed by atoms with van der Waals surface area (Å²) in [7, 11) is -3.53. The van der Waals surface area contributed by atoms with Crippen molar-refractivity contribution >= 4 is 21.1 Å². The summed E-state index contributed by atoms with van der Waals surface area (Å²) in [4.78, 5) is 8.29. The molecule has 136 valence electrons. The van der Waals surface area contributed by atoms with Crippen molar-refractivity contribution in [3.63, 3.8) is 0 Å². The number of fused-ring (bicyclic) bond motifs is 1. The Hall–Kier alpha value is -2.18. The highest BCUT2D eigenvalue weighted by Gasteiger charge is 2.37. The molecule has 0 bridgehead atoms. The summed E-state index contributed by atoms with van der Waals surface area (Å²) in [5, 5.41) is 0. The summed E-state index contributed by atoms with van der Waals surface area (Å²) in [6.45, 7) is 2.65. The van der Waals surface area contributed by atoms with Crippen LogP contribution in [0, 0.1) is 0 Å². The van der Waals surface area contributed by atoms with Crippen molar-refractivity contribution in [2.24, 2.45) is 0 Å². The van der Waals surface area contributed by atoms with Crippen LogP contribution in [0.2, 0.25) is 0 Å². The first kappa shape index (κ1) is 17.2. The largest absolute Gasteiger partial charge is 0.341 e. The van der Waals surface area contributed by atoms with E-state index in [1.165, 1.54) is 5.56 Å². The molecule has 2 heterocycles. The minimum absolute atomic E-state index is 0.234. The van der Waals surface area contributed by atoms with Gasteiger partial charge in [-0.2, -0.15) is 4.31 Å². The molecule has 0 amide bonds. The van der Waals surface area contributed by atoms with Gasteiger partial charge in [-0.05, 0) is 49.1 Å². The van der Waals surface area contributed by atoms with Crippen molar-refractivity contribution in [3.05, 3.63) is 59.9 Å². The van der Waals surface area contributed by atoms with Crippen LogP contribution in [0.25, 0.3) is 11.0 Å². The van der Waals surface area contributed by atoms with Crippen LogP contribution in [0.3, 0.4) is 0 Å². The van der Waals surface area contributed by atoms with Crippen LogP contribution in [0.15, 0.2) is 53.4 Å². The van der Waals surface area contributed by atoms with Crippen molar-refractivity contribution in [2.75, 3.05) is 6.54 Å². The molecule has 6 heteroatoms. The second-order valence-electron chi connectivity index (χ2n) is 6.81. The minimum Gasteiger partial charge on any atom is -0.341 e. The number of nitrogens with zero attached hydrogens (tertiary/aromatic N) is 2. The first-order valence-electron chi connectivity index (χ1n) is 9.15. The highest BCUT2D eigenvalue weighted by Crippen LogP contribution is 2.36. The molecular formula is C20H23N3O2S. The van der Waals surface area contributed by atoms with Gasteiger partial charge in [-0.15, -0.1) is 0 Å². The molecule has 1 fully saturated rings. The van der Waals surface area contributed by atoms with E-state index in [0.29, 0.717) is 11.4 Å². The standard InChI is InChI=1S/C20H23N3O2S/c1-2-6-15-10-12-16(13-11-15)26(24,25)23-14-5-9-19(23)20-21-17-7-3-4-8-18(17)22-20/h3-4,7-8,10-13,19H,2,5-6,9,14H2,1H3,(H,21,22)/t19-/m0/s1. The van der Waals surface area contributed by atoms with E-state index in [0.717, 1.165) is 42.5 Å². The molecule has 1 N–H and O–H groups in total. The molecule has 2 aromatic carbocycles. The number of rotatable bonds is 5. The van der Waals surface area contributed by atoms with E-state index in [1.807, 2.05) is 36.4 Å². The van der Waals surface area contributed by atoms with Crippen molar-refractivity contribution in [1.82, 2.24) is 14.3 Å². The first-order valence-corrected chi connectivity index (χ1v) is 10.6. The number of sulfonamides is 1. The Kier molecular flexibility index (Phi) is 4.54. The lowest BCUT2D eigenvalue weighted by atomic mass is 10.1. The third kappa shape index (κ3) is 3.04. The second-order valence-corrected chi connectivity index (χ2v) is 8.70. The molecule has 5 nitrogen and oxygen atoms in total. The number of aryl methyl sites for hydroxylation is 1. The van der Waals surface area contributed by atoms with Crippen molar-refractivity contribution < 1.29 is 8.42 Å². The van der Waals surface area contributed by atoms with Gasteiger partial charge in [0.15, 0.2) is 0 Å². The molecule has 1 saturated heterocycles. The van der Waals surface area contributed by atoms with Crippen LogP contribution >= 0.6 is 0 Å². The summed E-state index contributed by atoms with van der Waals surface area (Å²) >= 11 is 0. The van der Waals surface area contributed by atoms with Crippen molar-refractivity contribution in [3.8, 4) is 0 Å². The van der Waals surface area contributed by atoms with Crippen LogP contribution in [0.5, 0.6) is 0 Å². The number of aromatic amines is 1. The number of nitrogens with one attached hydrogen (secondary N) is 1. The van der Waals surface area contributed by atoms with Gasteiger partial charge in [-0.3, -0.25) is 0 Å². The predicted molar refractivity (Wildman–Crippen MR) is 102 cm³/mol. The number of hydrogen-bond acceptors (Lipinski definition) is 3. The Morgan fingerprint density at radius 1 is 1.15 bits per heavy atom. The van der Waals surface area contributed by atoms with Crippen molar-refractivity contribution in [2.45, 2.75) is 43.5 Å². The van der Waals surface area contributed by atoms with E-state index in [9.17, 15) is 8.42 Å². The van der Waals surface area contributed by atoms with E-state index < -0.39 is 10.0 Å². The highest BCUT2D eigenvalue weighted by molar-refractivity contribution is 7.89. The van der Waals surface area contributed by atoms with E-state index in [2.05, 4.69) is 16.9 Å². The number of aromatic nitrogens is 2. The molecule has 0 saturated carbocycles. The van der Waals surface area contributed by atoms with Gasteiger partial charge in [-0.1, -0.05) is 37.6 Å². The monoisotopic (exact) mass is 369 g/mol. The summed E-state index contributed by atoms with van der Waals surface area (Å²) in [6.07, 6.45) is 3.64. The van der Waals surface area contributed by atoms with Gasteiger partial charge in [0.25, 0.3) is 0 Å². The predicted octanol–water partition coefficient (Wildman–Crippen LogP) is 4.04. The summed E-state index contributed by atoms with van der Waals surface area (Å²) < 4.78 is 28.0. The number of benzene rings is 2. The van der Waals surface area contributed by atoms with Gasteiger partial charge in [0.05, 0.1) is 22.0 Å². The zero-order valence-corrected chi connectivity index (χ0v) is 15.7. The third-order valence-electron chi connectivity index (χ3n) is 5.00. The lowest BCUT2D eigenvalue weighted by molar-refractivity contribution is 0.385. The van der Waals surface area contributed by atoms with E-state index in [1.54, 1.807) is 16.4 Å². The molecule has 1 atom stereocenters. The summed E-state index contributed by atoms with van der Waals surface area (Å²) in [6, 6.07) is 14.9. The van der Waals surface area contributed by atoms with Crippen LogP contribution in [0.4, 0.5) is 0 Å². The molecular weight excluding hydrogens is 346 g/mol. The summed E-state index contributed by atoms with van der Waals surface area (Å²) in [5.74, 6) is 0.731. The molecule has 1 aromatic heterocycles. The van der Waals surface area contributed by atoms with Crippen LogP contribution in [0.1, 0.15) is 43.6 Å². The average molecular weight is 369 g/mol. The maximum atomic E-state index is 13.2. The fourth-order valence-electron chi connectivity index (χ4n) is 3.68. The average Bonchev–Trinajstić information content (AvgIpc) is 3.29. The molecule has 26 heavy (non-hydrogen) atoms. The SMILES string of the molecule is CCCc1ccc(S(=O)(=O)N2CCC[C@H]2c2nc3ccccc3[nH]2)cc1. The normalized spacial score (nSPS) is 18.6. The molecule has 0 unspecified atom stereocenters. The second kappa shape index (κ2) is 6.85. The Morgan fingerprint density at radius 3 is 2.65 bits per heavy atom. The fraction of sp³-hybridized carbons (Fsp3) is 0.350. The van der Waals surface area contributed by atoms with Gasteiger partial charge in [0.2, 0.25) is 10.0 Å². The van der Waals surface area contributed by atoms with E-state index >= 15 is 0 Å². The first-order chi connectivity index (χ1) is 12.6. The van der Waals surface area contributed by atoms with Crippen LogP contribution in [-0.2, 0) is 16.4 Å². The number of H-pyrrole nitrogens is 1. The van der Waals surface area contributed by atoms with Gasteiger partial charge >= 0.3 is 0 Å². The summed E-state index contributed by atoms with van der Waals surface area (Å²) in [5.41, 5.74) is 2.98. The third-order valence-corrected chi connectivity index (χ3v) is 6.92. The number of para-hydroxylation sites is 2. The Balaban J connectivity index is 1.66. The zero-order chi connectivity index (χ0) is 18.1. The Bertz CT molecular complexity index is 976. The number of imidazole rings is 1. The molecule has 1 aliphatic rings. The lowest BCUT2D eigenvalue weighted by Gasteiger charge is -2.22. The van der Waals surface area contributed by atoms with E-state index in [-0.39, 0.29) is 6.04 Å². The number of hydrogen-bond donors (Lipinski definition) is 1. The van der Waals surface area contributed by atoms with Crippen LogP contribution in [-0.4, -0.2) is 29.2 Å². The Morgan fingerprint density at radius 2 is 1.92 bits per heavy atom. The van der Waals surface area contributed by atoms with Crippen LogP contribution < -0.4 is 0 Å². The van der Waals surface area contributed by atoms with Gasteiger partial charge in [-0.25, -0.2) is 13.4 Å². The molecule has 4 rings (SSSR count). The van der Waals surface area contributed by atoms with E-state index in [4.69, 9.17) is 0 Å². The topological polar surface area (TPSA) is 66.1 Å². The minimum atomic E-state index is -3.53. The van der Waals surface area contributed by atoms with Gasteiger partial charge in [0, 0.05) is 6.54 Å². The smallest absolute Gasteiger partial charge is 0.243 e. The molecule has 0 aliphatic carbocycles. The fourth-order valence-corrected chi connectivity index (χ4v) is 5.34. The molecule has 0 radical (unpaired) electrons. The Labute approximate surface area is 154 Å².